The Labute approximate surface area is 84.3 Å². The van der Waals surface area contributed by atoms with E-state index in [0.717, 1.165) is 42.8 Å². The molecule has 0 saturated carbocycles. The van der Waals surface area contributed by atoms with E-state index in [9.17, 15) is 0 Å². The molecule has 0 spiro atoms. The zero-order chi connectivity index (χ0) is 10.2. The van der Waals surface area contributed by atoms with Gasteiger partial charge in [-0.2, -0.15) is 0 Å². The molecule has 0 fully saturated rings. The first kappa shape index (κ1) is 13.1. The molecule has 0 aliphatic rings. The van der Waals surface area contributed by atoms with Crippen LogP contribution in [0.25, 0.3) is 0 Å². The summed E-state index contributed by atoms with van der Waals surface area (Å²) in [5.74, 6) is -0.416. The molecule has 0 heterocycles. The lowest BCUT2D eigenvalue weighted by molar-refractivity contribution is -0.218. The summed E-state index contributed by atoms with van der Waals surface area (Å²) in [4.78, 5) is 0. The molecule has 80 valence electrons. The number of hydrogen-bond donors (Lipinski definition) is 0. The summed E-state index contributed by atoms with van der Waals surface area (Å²) in [5.41, 5.74) is 0. The maximum absolute atomic E-state index is 5.40. The highest BCUT2D eigenvalue weighted by atomic mass is 28.2. The molecular weight excluding hydrogens is 184 g/mol. The van der Waals surface area contributed by atoms with Crippen LogP contribution < -0.4 is 0 Å². The fourth-order valence-corrected chi connectivity index (χ4v) is 1.52. The van der Waals surface area contributed by atoms with Crippen LogP contribution in [0.4, 0.5) is 0 Å². The molecule has 0 unspecified atom stereocenters. The molecule has 0 aromatic heterocycles. The van der Waals surface area contributed by atoms with Crippen molar-refractivity contribution in [3.8, 4) is 0 Å². The van der Waals surface area contributed by atoms with Gasteiger partial charge in [0.25, 0.3) is 0 Å². The Kier molecular flexibility index (Phi) is 7.55. The molecule has 0 aromatic rings. The van der Waals surface area contributed by atoms with Gasteiger partial charge in [0.1, 0.15) is 10.5 Å². The van der Waals surface area contributed by atoms with Crippen molar-refractivity contribution in [3.05, 3.63) is 0 Å². The lowest BCUT2D eigenvalue weighted by Crippen LogP contribution is -2.35. The monoisotopic (exact) mass is 206 g/mol. The summed E-state index contributed by atoms with van der Waals surface area (Å²) < 4.78 is 16.0. The summed E-state index contributed by atoms with van der Waals surface area (Å²) in [5, 5.41) is 0. The van der Waals surface area contributed by atoms with Gasteiger partial charge in [-0.05, 0) is 6.42 Å². The van der Waals surface area contributed by atoms with Crippen LogP contribution in [0, 0.1) is 0 Å². The SMILES string of the molecule is CCCCC(CCO[SiH3])(OC)OC. The molecule has 0 radical (unpaired) electrons. The van der Waals surface area contributed by atoms with Crippen molar-refractivity contribution in [2.45, 2.75) is 38.4 Å². The molecule has 4 heteroatoms. The number of ether oxygens (including phenoxy) is 2. The predicted molar refractivity (Wildman–Crippen MR) is 56.8 cm³/mol. The number of rotatable bonds is 8. The standard InChI is InChI=1S/C9H22O3Si/c1-4-5-6-9(10-2,11-3)7-8-12-13/h4-8H2,1-3,13H3. The van der Waals surface area contributed by atoms with Crippen LogP contribution in [0.3, 0.4) is 0 Å². The van der Waals surface area contributed by atoms with Crippen molar-refractivity contribution in [2.75, 3.05) is 20.8 Å². The van der Waals surface area contributed by atoms with Crippen molar-refractivity contribution in [1.29, 1.82) is 0 Å². The average molecular weight is 206 g/mol. The quantitative estimate of drug-likeness (QED) is 0.435. The first-order chi connectivity index (χ1) is 6.24. The van der Waals surface area contributed by atoms with E-state index in [-0.39, 0.29) is 0 Å². The Hall–Kier alpha value is 0.0969. The maximum atomic E-state index is 5.40. The van der Waals surface area contributed by atoms with Crippen LogP contribution in [0.1, 0.15) is 32.6 Å². The number of unbranched alkanes of at least 4 members (excludes halogenated alkanes) is 1. The van der Waals surface area contributed by atoms with Gasteiger partial charge < -0.3 is 13.9 Å². The second-order valence-corrected chi connectivity index (χ2v) is 3.74. The Morgan fingerprint density at radius 2 is 1.77 bits per heavy atom. The third-order valence-corrected chi connectivity index (χ3v) is 2.75. The molecule has 13 heavy (non-hydrogen) atoms. The number of methoxy groups -OCH3 is 2. The normalized spacial score (nSPS) is 12.2. The van der Waals surface area contributed by atoms with Crippen molar-refractivity contribution in [2.24, 2.45) is 0 Å². The Bertz CT molecular complexity index is 105. The molecule has 0 atom stereocenters. The highest BCUT2D eigenvalue weighted by Gasteiger charge is 2.27. The minimum absolute atomic E-state index is 0.416. The first-order valence-corrected chi connectivity index (χ1v) is 5.65. The molecule has 0 rings (SSSR count). The second-order valence-electron chi connectivity index (χ2n) is 3.17. The topological polar surface area (TPSA) is 27.7 Å². The lowest BCUT2D eigenvalue weighted by Gasteiger charge is -2.30. The largest absolute Gasteiger partial charge is 0.428 e. The Morgan fingerprint density at radius 1 is 1.15 bits per heavy atom. The fraction of sp³-hybridized carbons (Fsp3) is 1.00. The smallest absolute Gasteiger partial charge is 0.169 e. The van der Waals surface area contributed by atoms with Gasteiger partial charge in [0.15, 0.2) is 5.79 Å². The van der Waals surface area contributed by atoms with Gasteiger partial charge in [0, 0.05) is 33.7 Å². The minimum atomic E-state index is -0.416. The van der Waals surface area contributed by atoms with Crippen LogP contribution in [-0.4, -0.2) is 37.1 Å². The average Bonchev–Trinajstić information content (AvgIpc) is 2.20. The van der Waals surface area contributed by atoms with E-state index in [2.05, 4.69) is 6.92 Å². The van der Waals surface area contributed by atoms with Gasteiger partial charge in [0.2, 0.25) is 0 Å². The Balaban J connectivity index is 3.97. The molecular formula is C9H22O3Si. The minimum Gasteiger partial charge on any atom is -0.428 e. The number of hydrogen-bond acceptors (Lipinski definition) is 3. The van der Waals surface area contributed by atoms with E-state index in [0.29, 0.717) is 0 Å². The third-order valence-electron chi connectivity index (χ3n) is 2.34. The predicted octanol–water partition coefficient (Wildman–Crippen LogP) is 0.853. The highest BCUT2D eigenvalue weighted by molar-refractivity contribution is 5.97. The summed E-state index contributed by atoms with van der Waals surface area (Å²) in [7, 11) is 4.18. The van der Waals surface area contributed by atoms with Crippen LogP contribution >= 0.6 is 0 Å². The van der Waals surface area contributed by atoms with E-state index >= 15 is 0 Å². The summed E-state index contributed by atoms with van der Waals surface area (Å²) in [6, 6.07) is 0. The van der Waals surface area contributed by atoms with Crippen LogP contribution in [-0.2, 0) is 13.9 Å². The van der Waals surface area contributed by atoms with Crippen LogP contribution in [0.5, 0.6) is 0 Å². The molecule has 0 amide bonds. The third kappa shape index (κ3) is 4.76. The van der Waals surface area contributed by atoms with E-state index in [4.69, 9.17) is 13.9 Å². The molecule has 0 N–H and O–H groups in total. The molecule has 0 aliphatic carbocycles. The molecule has 0 aromatic carbocycles. The highest BCUT2D eigenvalue weighted by Crippen LogP contribution is 2.23. The lowest BCUT2D eigenvalue weighted by atomic mass is 10.1. The van der Waals surface area contributed by atoms with E-state index in [1.807, 2.05) is 0 Å². The summed E-state index contributed by atoms with van der Waals surface area (Å²) >= 11 is 0. The van der Waals surface area contributed by atoms with Gasteiger partial charge in [0.05, 0.1) is 0 Å². The van der Waals surface area contributed by atoms with Crippen molar-refractivity contribution < 1.29 is 13.9 Å². The first-order valence-electron chi connectivity index (χ1n) is 4.84. The van der Waals surface area contributed by atoms with Gasteiger partial charge in [-0.15, -0.1) is 0 Å². The second kappa shape index (κ2) is 7.50. The Morgan fingerprint density at radius 3 is 2.15 bits per heavy atom. The van der Waals surface area contributed by atoms with Gasteiger partial charge in [-0.3, -0.25) is 0 Å². The summed E-state index contributed by atoms with van der Waals surface area (Å²) in [6.07, 6.45) is 4.06. The molecule has 0 bridgehead atoms. The molecule has 0 aliphatic heterocycles. The van der Waals surface area contributed by atoms with Crippen LogP contribution in [0.2, 0.25) is 0 Å². The zero-order valence-corrected chi connectivity index (χ0v) is 11.3. The van der Waals surface area contributed by atoms with Crippen LogP contribution in [0.15, 0.2) is 0 Å². The molecule has 3 nitrogen and oxygen atoms in total. The van der Waals surface area contributed by atoms with Crippen molar-refractivity contribution in [1.82, 2.24) is 0 Å². The maximum Gasteiger partial charge on any atom is 0.169 e. The van der Waals surface area contributed by atoms with Crippen molar-refractivity contribution in [3.63, 3.8) is 0 Å². The fourth-order valence-electron chi connectivity index (χ4n) is 1.32. The van der Waals surface area contributed by atoms with Gasteiger partial charge in [-0.1, -0.05) is 13.3 Å². The van der Waals surface area contributed by atoms with Gasteiger partial charge in [-0.25, -0.2) is 0 Å². The van der Waals surface area contributed by atoms with Gasteiger partial charge >= 0.3 is 0 Å². The van der Waals surface area contributed by atoms with E-state index in [1.165, 1.54) is 0 Å². The molecule has 0 saturated heterocycles. The van der Waals surface area contributed by atoms with E-state index < -0.39 is 5.79 Å². The zero-order valence-electron chi connectivity index (χ0n) is 9.26. The van der Waals surface area contributed by atoms with E-state index in [1.54, 1.807) is 14.2 Å². The van der Waals surface area contributed by atoms with Crippen molar-refractivity contribution >= 4 is 10.5 Å². The summed E-state index contributed by atoms with van der Waals surface area (Å²) in [6.45, 7) is 2.90.